The molecule has 1 aromatic carbocycles. The molecule has 0 amide bonds. The monoisotopic (exact) mass is 314 g/mol. The van der Waals surface area contributed by atoms with E-state index in [1.165, 1.54) is 25.3 Å². The van der Waals surface area contributed by atoms with Gasteiger partial charge in [-0.15, -0.1) is 0 Å². The second-order valence-corrected chi connectivity index (χ2v) is 4.21. The maximum atomic E-state index is 10.9. The van der Waals surface area contributed by atoms with Gasteiger partial charge in [0.05, 0.1) is 12.0 Å². The molecule has 1 heterocycles. The molecule has 0 spiro atoms. The summed E-state index contributed by atoms with van der Waals surface area (Å²) in [6.07, 6.45) is 0. The van der Waals surface area contributed by atoms with Crippen molar-refractivity contribution in [2.24, 2.45) is 0 Å². The van der Waals surface area contributed by atoms with Crippen LogP contribution in [0.25, 0.3) is 0 Å². The van der Waals surface area contributed by atoms with Gasteiger partial charge in [-0.25, -0.2) is 4.63 Å². The van der Waals surface area contributed by atoms with E-state index < -0.39 is 4.92 Å². The van der Waals surface area contributed by atoms with Gasteiger partial charge in [-0.3, -0.25) is 10.1 Å². The van der Waals surface area contributed by atoms with Gasteiger partial charge in [-0.1, -0.05) is 11.6 Å². The number of nitro benzene ring substituents is 1. The number of aromatic nitrogens is 2. The fourth-order valence-corrected chi connectivity index (χ4v) is 1.70. The lowest BCUT2D eigenvalue weighted by molar-refractivity contribution is -0.384. The van der Waals surface area contributed by atoms with Crippen molar-refractivity contribution in [2.75, 3.05) is 25.6 Å². The van der Waals surface area contributed by atoms with Crippen LogP contribution in [0, 0.1) is 10.1 Å². The van der Waals surface area contributed by atoms with E-state index in [-0.39, 0.29) is 30.6 Å². The second-order valence-electron chi connectivity index (χ2n) is 3.77. The van der Waals surface area contributed by atoms with Gasteiger partial charge in [0.25, 0.3) is 5.69 Å². The summed E-state index contributed by atoms with van der Waals surface area (Å²) in [6, 6.07) is 4.25. The molecule has 112 valence electrons. The first-order chi connectivity index (χ1) is 10.1. The van der Waals surface area contributed by atoms with Crippen molar-refractivity contribution >= 4 is 23.0 Å². The Morgan fingerprint density at radius 2 is 2.19 bits per heavy atom. The van der Waals surface area contributed by atoms with Gasteiger partial charge in [0.15, 0.2) is 0 Å². The van der Waals surface area contributed by atoms with Crippen LogP contribution in [0.2, 0.25) is 5.02 Å². The minimum Gasteiger partial charge on any atom is -0.475 e. The van der Waals surface area contributed by atoms with Crippen LogP contribution >= 0.6 is 11.6 Å². The van der Waals surface area contributed by atoms with E-state index in [4.69, 9.17) is 21.1 Å². The van der Waals surface area contributed by atoms with E-state index in [0.717, 1.165) is 0 Å². The van der Waals surface area contributed by atoms with Crippen LogP contribution < -0.4 is 14.8 Å². The van der Waals surface area contributed by atoms with Crippen molar-refractivity contribution in [3.8, 4) is 11.8 Å². The first kappa shape index (κ1) is 14.9. The molecule has 1 N–H and O–H groups in total. The summed E-state index contributed by atoms with van der Waals surface area (Å²) in [5.41, 5.74) is 0.237. The summed E-state index contributed by atoms with van der Waals surface area (Å²) in [7, 11) is 1.40. The number of halogens is 1. The number of nitrogens with zero attached hydrogens (tertiary/aromatic N) is 3. The van der Waals surface area contributed by atoms with E-state index in [0.29, 0.717) is 10.7 Å². The largest absolute Gasteiger partial charge is 0.475 e. The topological polar surface area (TPSA) is 113 Å². The van der Waals surface area contributed by atoms with Gasteiger partial charge in [0, 0.05) is 17.6 Å². The fraction of sp³-hybridized carbons (Fsp3) is 0.273. The maximum absolute atomic E-state index is 10.9. The molecular formula is C11H11ClN4O5. The van der Waals surface area contributed by atoms with Crippen molar-refractivity contribution in [3.63, 3.8) is 0 Å². The molecule has 0 atom stereocenters. The third-order valence-electron chi connectivity index (χ3n) is 2.44. The van der Waals surface area contributed by atoms with Crippen LogP contribution in [0.5, 0.6) is 11.8 Å². The lowest BCUT2D eigenvalue weighted by atomic mass is 10.2. The van der Waals surface area contributed by atoms with Gasteiger partial charge in [0.1, 0.15) is 12.3 Å². The van der Waals surface area contributed by atoms with Gasteiger partial charge >= 0.3 is 11.8 Å². The lowest BCUT2D eigenvalue weighted by Crippen LogP contribution is -2.13. The van der Waals surface area contributed by atoms with E-state index in [2.05, 4.69) is 20.3 Å². The number of rotatable bonds is 7. The number of benzene rings is 1. The molecule has 0 aliphatic heterocycles. The molecule has 10 heteroatoms. The highest BCUT2D eigenvalue weighted by Gasteiger charge is 2.14. The van der Waals surface area contributed by atoms with Crippen LogP contribution in [0.4, 0.5) is 11.4 Å². The number of nitro groups is 1. The Morgan fingerprint density at radius 1 is 1.43 bits per heavy atom. The Kier molecular flexibility index (Phi) is 4.77. The van der Waals surface area contributed by atoms with Crippen molar-refractivity contribution in [2.45, 2.75) is 0 Å². The van der Waals surface area contributed by atoms with Crippen molar-refractivity contribution in [3.05, 3.63) is 33.3 Å². The molecule has 0 unspecified atom stereocenters. The normalized spacial score (nSPS) is 10.2. The first-order valence-electron chi connectivity index (χ1n) is 5.79. The highest BCUT2D eigenvalue weighted by Crippen LogP contribution is 2.27. The quantitative estimate of drug-likeness (QED) is 0.470. The average Bonchev–Trinajstić information content (AvgIpc) is 2.90. The summed E-state index contributed by atoms with van der Waals surface area (Å²) < 4.78 is 14.6. The number of methoxy groups -OCH3 is 1. The highest BCUT2D eigenvalue weighted by molar-refractivity contribution is 6.31. The fourth-order valence-electron chi connectivity index (χ4n) is 1.53. The van der Waals surface area contributed by atoms with Crippen molar-refractivity contribution in [1.82, 2.24) is 10.3 Å². The van der Waals surface area contributed by atoms with E-state index in [1.54, 1.807) is 0 Å². The smallest absolute Gasteiger partial charge is 0.320 e. The van der Waals surface area contributed by atoms with Crippen LogP contribution in [-0.2, 0) is 0 Å². The molecule has 2 aromatic rings. The SMILES string of the molecule is COc1nonc1OCCNc1cc(Cl)ccc1[N+](=O)[O-]. The summed E-state index contributed by atoms with van der Waals surface area (Å²) in [4.78, 5) is 10.4. The van der Waals surface area contributed by atoms with Crippen molar-refractivity contribution in [1.29, 1.82) is 0 Å². The first-order valence-corrected chi connectivity index (χ1v) is 6.16. The average molecular weight is 315 g/mol. The zero-order chi connectivity index (χ0) is 15.2. The number of ether oxygens (including phenoxy) is 2. The number of nitrogens with one attached hydrogen (secondary N) is 1. The molecule has 0 fully saturated rings. The lowest BCUT2D eigenvalue weighted by Gasteiger charge is -2.07. The summed E-state index contributed by atoms with van der Waals surface area (Å²) in [5, 5.41) is 21.1. The molecule has 21 heavy (non-hydrogen) atoms. The third kappa shape index (κ3) is 3.72. The van der Waals surface area contributed by atoms with E-state index in [1.807, 2.05) is 0 Å². The molecule has 0 saturated carbocycles. The molecule has 1 aromatic heterocycles. The van der Waals surface area contributed by atoms with Gasteiger partial charge in [-0.05, 0) is 22.4 Å². The number of hydrogen-bond acceptors (Lipinski definition) is 8. The molecule has 2 rings (SSSR count). The Labute approximate surface area is 123 Å². The molecule has 0 bridgehead atoms. The minimum absolute atomic E-state index is 0.0694. The molecule has 0 radical (unpaired) electrons. The van der Waals surface area contributed by atoms with Crippen LogP contribution in [0.1, 0.15) is 0 Å². The van der Waals surface area contributed by atoms with Crippen molar-refractivity contribution < 1.29 is 19.0 Å². The minimum atomic E-state index is -0.496. The third-order valence-corrected chi connectivity index (χ3v) is 2.67. The Balaban J connectivity index is 1.92. The van der Waals surface area contributed by atoms with Gasteiger partial charge in [0.2, 0.25) is 0 Å². The summed E-state index contributed by atoms with van der Waals surface area (Å²) in [6.45, 7) is 0.464. The van der Waals surface area contributed by atoms with E-state index in [9.17, 15) is 10.1 Å². The predicted octanol–water partition coefficient (Wildman–Crippen LogP) is 2.13. The standard InChI is InChI=1S/C11H11ClN4O5/c1-19-10-11(15-21-14-10)20-5-4-13-8-6-7(12)2-3-9(8)16(17)18/h2-3,6,13H,4-5H2,1H3. The highest BCUT2D eigenvalue weighted by atomic mass is 35.5. The summed E-state index contributed by atoms with van der Waals surface area (Å²) in [5.74, 6) is 0.239. The molecule has 9 nitrogen and oxygen atoms in total. The van der Waals surface area contributed by atoms with Crippen LogP contribution in [-0.4, -0.2) is 35.5 Å². The Bertz CT molecular complexity index is 633. The number of hydrogen-bond donors (Lipinski definition) is 1. The predicted molar refractivity (Wildman–Crippen MR) is 72.9 cm³/mol. The van der Waals surface area contributed by atoms with Crippen LogP contribution in [0.15, 0.2) is 22.8 Å². The van der Waals surface area contributed by atoms with Gasteiger partial charge < -0.3 is 14.8 Å². The summed E-state index contributed by atoms with van der Waals surface area (Å²) >= 11 is 5.81. The molecule has 0 aliphatic carbocycles. The zero-order valence-electron chi connectivity index (χ0n) is 10.9. The Morgan fingerprint density at radius 3 is 2.90 bits per heavy atom. The zero-order valence-corrected chi connectivity index (χ0v) is 11.7. The van der Waals surface area contributed by atoms with E-state index >= 15 is 0 Å². The maximum Gasteiger partial charge on any atom is 0.320 e. The second kappa shape index (κ2) is 6.75. The molecular weight excluding hydrogens is 304 g/mol. The Hall–Kier alpha value is -2.55. The number of anilines is 1. The van der Waals surface area contributed by atoms with Gasteiger partial charge in [-0.2, -0.15) is 0 Å². The molecule has 0 aliphatic rings. The molecule has 0 saturated heterocycles. The van der Waals surface area contributed by atoms with Crippen LogP contribution in [0.3, 0.4) is 0 Å².